The van der Waals surface area contributed by atoms with Gasteiger partial charge in [0, 0.05) is 11.7 Å². The summed E-state index contributed by atoms with van der Waals surface area (Å²) < 4.78 is 4.72. The van der Waals surface area contributed by atoms with Crippen molar-refractivity contribution >= 4 is 29.0 Å². The number of carbonyl (C=O) groups excluding carboxylic acids is 1. The van der Waals surface area contributed by atoms with Gasteiger partial charge < -0.3 is 15.4 Å². The van der Waals surface area contributed by atoms with Crippen molar-refractivity contribution in [3.63, 3.8) is 0 Å². The molecule has 5 heteroatoms. The highest BCUT2D eigenvalue weighted by Crippen LogP contribution is 2.44. The maximum absolute atomic E-state index is 11.5. The summed E-state index contributed by atoms with van der Waals surface area (Å²) in [4.78, 5) is 11.5. The fourth-order valence-electron chi connectivity index (χ4n) is 3.60. The molecule has 0 heterocycles. The minimum Gasteiger partial charge on any atom is -0.465 e. The van der Waals surface area contributed by atoms with Gasteiger partial charge in [0.05, 0.1) is 12.7 Å². The highest BCUT2D eigenvalue weighted by atomic mass is 32.1. The zero-order chi connectivity index (χ0) is 14.8. The minimum absolute atomic E-state index is 0.342. The number of hydrogen-bond acceptors (Lipinski definition) is 3. The number of carbonyl (C=O) groups is 1. The summed E-state index contributed by atoms with van der Waals surface area (Å²) in [6.07, 6.45) is 5.28. The quantitative estimate of drug-likeness (QED) is 0.664. The van der Waals surface area contributed by atoms with Crippen molar-refractivity contribution in [2.75, 3.05) is 12.4 Å². The molecule has 3 atom stereocenters. The number of nitrogens with one attached hydrogen (secondary N) is 2. The molecule has 0 spiro atoms. The van der Waals surface area contributed by atoms with Crippen LogP contribution < -0.4 is 10.6 Å². The monoisotopic (exact) mass is 304 g/mol. The Labute approximate surface area is 130 Å². The van der Waals surface area contributed by atoms with Crippen molar-refractivity contribution in [2.45, 2.75) is 31.7 Å². The lowest BCUT2D eigenvalue weighted by molar-refractivity contribution is 0.0601. The summed E-state index contributed by atoms with van der Waals surface area (Å²) in [6, 6.07) is 7.69. The fourth-order valence-corrected chi connectivity index (χ4v) is 3.87. The molecular weight excluding hydrogens is 284 g/mol. The van der Waals surface area contributed by atoms with Crippen molar-refractivity contribution in [1.82, 2.24) is 5.32 Å². The van der Waals surface area contributed by atoms with E-state index in [2.05, 4.69) is 10.6 Å². The zero-order valence-corrected chi connectivity index (χ0v) is 12.9. The molecule has 1 aromatic rings. The van der Waals surface area contributed by atoms with Gasteiger partial charge in [-0.15, -0.1) is 0 Å². The maximum atomic E-state index is 11.5. The largest absolute Gasteiger partial charge is 0.465 e. The second-order valence-electron chi connectivity index (χ2n) is 5.95. The third kappa shape index (κ3) is 3.18. The first-order chi connectivity index (χ1) is 10.2. The predicted octanol–water partition coefficient (Wildman–Crippen LogP) is 2.95. The minimum atomic E-state index is -0.342. The second kappa shape index (κ2) is 6.02. The van der Waals surface area contributed by atoms with Crippen molar-refractivity contribution in [3.05, 3.63) is 29.8 Å². The SMILES string of the molecule is COC(=O)c1cccc(NC(=S)N[C@H]2C[C@@H]3CC[C@@H]2C3)c1. The third-order valence-corrected chi connectivity index (χ3v) is 4.82. The van der Waals surface area contributed by atoms with E-state index in [1.807, 2.05) is 12.1 Å². The third-order valence-electron chi connectivity index (χ3n) is 4.60. The van der Waals surface area contributed by atoms with Gasteiger partial charge in [-0.05, 0) is 61.5 Å². The molecule has 2 aliphatic rings. The van der Waals surface area contributed by atoms with Crippen molar-refractivity contribution < 1.29 is 9.53 Å². The molecule has 0 amide bonds. The molecule has 112 valence electrons. The van der Waals surface area contributed by atoms with E-state index in [1.54, 1.807) is 12.1 Å². The van der Waals surface area contributed by atoms with E-state index in [9.17, 15) is 4.79 Å². The van der Waals surface area contributed by atoms with Crippen LogP contribution in [0.25, 0.3) is 0 Å². The van der Waals surface area contributed by atoms with Crippen LogP contribution in [0.1, 0.15) is 36.0 Å². The topological polar surface area (TPSA) is 50.4 Å². The molecular formula is C16H20N2O2S. The van der Waals surface area contributed by atoms with E-state index in [0.717, 1.165) is 17.5 Å². The Morgan fingerprint density at radius 3 is 2.86 bits per heavy atom. The molecule has 0 aromatic heterocycles. The Morgan fingerprint density at radius 1 is 1.33 bits per heavy atom. The number of esters is 1. The lowest BCUT2D eigenvalue weighted by atomic mass is 9.96. The summed E-state index contributed by atoms with van der Waals surface area (Å²) in [6.45, 7) is 0. The molecule has 4 nitrogen and oxygen atoms in total. The molecule has 0 aliphatic heterocycles. The fraction of sp³-hybridized carbons (Fsp3) is 0.500. The van der Waals surface area contributed by atoms with E-state index in [-0.39, 0.29) is 5.97 Å². The number of methoxy groups -OCH3 is 1. The van der Waals surface area contributed by atoms with Crippen molar-refractivity contribution in [2.24, 2.45) is 11.8 Å². The van der Waals surface area contributed by atoms with Crippen LogP contribution in [0.2, 0.25) is 0 Å². The van der Waals surface area contributed by atoms with Crippen LogP contribution in [0, 0.1) is 11.8 Å². The van der Waals surface area contributed by atoms with Gasteiger partial charge in [0.15, 0.2) is 5.11 Å². The summed E-state index contributed by atoms with van der Waals surface area (Å²) >= 11 is 5.39. The Balaban J connectivity index is 1.58. The number of hydrogen-bond donors (Lipinski definition) is 2. The Bertz CT molecular complexity index is 561. The highest BCUT2D eigenvalue weighted by molar-refractivity contribution is 7.80. The molecule has 2 aliphatic carbocycles. The second-order valence-corrected chi connectivity index (χ2v) is 6.36. The van der Waals surface area contributed by atoms with E-state index in [4.69, 9.17) is 17.0 Å². The van der Waals surface area contributed by atoms with E-state index < -0.39 is 0 Å². The van der Waals surface area contributed by atoms with Gasteiger partial charge in [-0.3, -0.25) is 0 Å². The lowest BCUT2D eigenvalue weighted by Gasteiger charge is -2.24. The number of rotatable bonds is 3. The molecule has 2 bridgehead atoms. The number of ether oxygens (including phenoxy) is 1. The van der Waals surface area contributed by atoms with Crippen LogP contribution in [-0.4, -0.2) is 24.2 Å². The molecule has 21 heavy (non-hydrogen) atoms. The summed E-state index contributed by atoms with van der Waals surface area (Å²) in [7, 11) is 1.38. The van der Waals surface area contributed by atoms with Crippen LogP contribution in [0.3, 0.4) is 0 Å². The Hall–Kier alpha value is -1.62. The first kappa shape index (κ1) is 14.3. The molecule has 2 N–H and O–H groups in total. The van der Waals surface area contributed by atoms with Gasteiger partial charge in [0.25, 0.3) is 0 Å². The molecule has 0 radical (unpaired) electrons. The van der Waals surface area contributed by atoms with E-state index in [1.165, 1.54) is 32.8 Å². The molecule has 0 saturated heterocycles. The Morgan fingerprint density at radius 2 is 2.19 bits per heavy atom. The first-order valence-electron chi connectivity index (χ1n) is 7.41. The maximum Gasteiger partial charge on any atom is 0.337 e. The highest BCUT2D eigenvalue weighted by Gasteiger charge is 2.39. The first-order valence-corrected chi connectivity index (χ1v) is 7.82. The average Bonchev–Trinajstić information content (AvgIpc) is 3.09. The van der Waals surface area contributed by atoms with Crippen molar-refractivity contribution in [3.8, 4) is 0 Å². The molecule has 1 aromatic carbocycles. The summed E-state index contributed by atoms with van der Waals surface area (Å²) in [5.74, 6) is 1.32. The number of fused-ring (bicyclic) bond motifs is 2. The molecule has 2 saturated carbocycles. The van der Waals surface area contributed by atoms with Crippen LogP contribution in [0.15, 0.2) is 24.3 Å². The van der Waals surface area contributed by atoms with Gasteiger partial charge in [0.1, 0.15) is 0 Å². The number of thiocarbonyl (C=S) groups is 1. The van der Waals surface area contributed by atoms with Crippen LogP contribution in [-0.2, 0) is 4.74 Å². The Kier molecular flexibility index (Phi) is 4.10. The zero-order valence-electron chi connectivity index (χ0n) is 12.1. The van der Waals surface area contributed by atoms with Gasteiger partial charge in [-0.1, -0.05) is 12.5 Å². The molecule has 0 unspecified atom stereocenters. The molecule has 2 fully saturated rings. The molecule has 3 rings (SSSR count). The normalized spacial score (nSPS) is 26.4. The standard InChI is InChI=1S/C16H20N2O2S/c1-20-15(19)12-3-2-4-13(9-12)17-16(21)18-14-8-10-5-6-11(14)7-10/h2-4,9-11,14H,5-8H2,1H3,(H2,17,18,21)/t10-,11-,14+/m1/s1. The van der Waals surface area contributed by atoms with Gasteiger partial charge in [-0.2, -0.15) is 0 Å². The number of anilines is 1. The van der Waals surface area contributed by atoms with Crippen LogP contribution >= 0.6 is 12.2 Å². The van der Waals surface area contributed by atoms with Crippen LogP contribution in [0.4, 0.5) is 5.69 Å². The van der Waals surface area contributed by atoms with E-state index in [0.29, 0.717) is 16.7 Å². The summed E-state index contributed by atoms with van der Waals surface area (Å²) in [5, 5.41) is 7.22. The average molecular weight is 304 g/mol. The van der Waals surface area contributed by atoms with Crippen LogP contribution in [0.5, 0.6) is 0 Å². The van der Waals surface area contributed by atoms with Gasteiger partial charge >= 0.3 is 5.97 Å². The van der Waals surface area contributed by atoms with Crippen molar-refractivity contribution in [1.29, 1.82) is 0 Å². The number of benzene rings is 1. The summed E-state index contributed by atoms with van der Waals surface area (Å²) in [5.41, 5.74) is 1.32. The lowest BCUT2D eigenvalue weighted by Crippen LogP contribution is -2.40. The smallest absolute Gasteiger partial charge is 0.337 e. The van der Waals surface area contributed by atoms with E-state index >= 15 is 0 Å². The predicted molar refractivity (Wildman–Crippen MR) is 86.4 cm³/mol. The van der Waals surface area contributed by atoms with Gasteiger partial charge in [-0.25, -0.2) is 4.79 Å². The van der Waals surface area contributed by atoms with Gasteiger partial charge in [0.2, 0.25) is 0 Å².